The maximum Gasteiger partial charge on any atom is 0.410 e. The second-order valence-electron chi connectivity index (χ2n) is 9.87. The fraction of sp³-hybridized carbons (Fsp3) is 0.739. The van der Waals surface area contributed by atoms with Crippen molar-refractivity contribution in [1.29, 1.82) is 0 Å². The minimum Gasteiger partial charge on any atom is -0.498 e. The van der Waals surface area contributed by atoms with Gasteiger partial charge in [-0.15, -0.1) is 0 Å². The Bertz CT molecular complexity index is 755. The number of likely N-dealkylation sites (tertiary alicyclic amines) is 1. The maximum absolute atomic E-state index is 13.8. The summed E-state index contributed by atoms with van der Waals surface area (Å²) in [6.07, 6.45) is 10.6. The highest BCUT2D eigenvalue weighted by atomic mass is 19.1. The van der Waals surface area contributed by atoms with E-state index in [9.17, 15) is 14.0 Å². The van der Waals surface area contributed by atoms with Crippen molar-refractivity contribution in [3.63, 3.8) is 0 Å². The van der Waals surface area contributed by atoms with Gasteiger partial charge in [0.1, 0.15) is 11.4 Å². The first-order valence-electron chi connectivity index (χ1n) is 11.3. The molecular formula is C23H33FN2O4. The van der Waals surface area contributed by atoms with E-state index in [1.54, 1.807) is 0 Å². The number of carbonyl (C=O) groups excluding carboxylic acids is 2. The summed E-state index contributed by atoms with van der Waals surface area (Å²) in [5.74, 6) is 0.0607. The van der Waals surface area contributed by atoms with Crippen LogP contribution in [0.3, 0.4) is 0 Å². The van der Waals surface area contributed by atoms with Crippen LogP contribution in [0.1, 0.15) is 71.1 Å². The molecule has 1 heterocycles. The van der Waals surface area contributed by atoms with E-state index in [0.717, 1.165) is 57.5 Å². The predicted molar refractivity (Wildman–Crippen MR) is 110 cm³/mol. The molecule has 0 aromatic heterocycles. The van der Waals surface area contributed by atoms with Crippen molar-refractivity contribution in [3.8, 4) is 0 Å². The average molecular weight is 421 g/mol. The SMILES string of the molecule is CC1(OC(=O)N2CCC3(CC2)CC(CCCOC2=CC(F)=C(C(N)=O)CC2)C3)CC1. The number of piperidine rings is 1. The molecule has 0 aromatic carbocycles. The van der Waals surface area contributed by atoms with Crippen molar-refractivity contribution in [2.24, 2.45) is 17.1 Å². The fourth-order valence-corrected chi connectivity index (χ4v) is 5.09. The third kappa shape index (κ3) is 4.81. The van der Waals surface area contributed by atoms with Gasteiger partial charge in [0.25, 0.3) is 0 Å². The lowest BCUT2D eigenvalue weighted by Gasteiger charge is -2.52. The van der Waals surface area contributed by atoms with E-state index < -0.39 is 11.7 Å². The van der Waals surface area contributed by atoms with E-state index in [4.69, 9.17) is 15.2 Å². The third-order valence-electron chi connectivity index (χ3n) is 7.35. The standard InChI is InChI=1S/C23H33FN2O4/c1-22(6-7-22)30-21(28)26-10-8-23(9-11-26)14-16(15-23)3-2-12-29-17-4-5-18(20(25)27)19(24)13-17/h13,16H,2-12,14-15H2,1H3,(H2,25,27). The molecule has 1 aliphatic heterocycles. The first-order chi connectivity index (χ1) is 14.3. The Balaban J connectivity index is 1.11. The van der Waals surface area contributed by atoms with Crippen LogP contribution in [-0.4, -0.2) is 42.2 Å². The number of hydrogen-bond donors (Lipinski definition) is 1. The zero-order valence-corrected chi connectivity index (χ0v) is 17.9. The molecule has 0 bridgehead atoms. The summed E-state index contributed by atoms with van der Waals surface area (Å²) in [6, 6.07) is 0. The van der Waals surface area contributed by atoms with Gasteiger partial charge in [0.15, 0.2) is 0 Å². The molecule has 6 nitrogen and oxygen atoms in total. The van der Waals surface area contributed by atoms with Gasteiger partial charge in [0, 0.05) is 25.6 Å². The smallest absolute Gasteiger partial charge is 0.410 e. The van der Waals surface area contributed by atoms with Crippen molar-refractivity contribution in [2.75, 3.05) is 19.7 Å². The molecule has 4 rings (SSSR count). The molecule has 7 heteroatoms. The van der Waals surface area contributed by atoms with Crippen LogP contribution in [0.15, 0.2) is 23.2 Å². The van der Waals surface area contributed by atoms with E-state index >= 15 is 0 Å². The molecule has 0 atom stereocenters. The van der Waals surface area contributed by atoms with E-state index in [1.165, 1.54) is 18.9 Å². The zero-order chi connectivity index (χ0) is 21.4. The molecule has 30 heavy (non-hydrogen) atoms. The monoisotopic (exact) mass is 420 g/mol. The average Bonchev–Trinajstić information content (AvgIpc) is 3.40. The summed E-state index contributed by atoms with van der Waals surface area (Å²) in [5.41, 5.74) is 5.43. The maximum atomic E-state index is 13.8. The van der Waals surface area contributed by atoms with Crippen LogP contribution in [0, 0.1) is 11.3 Å². The molecule has 4 aliphatic rings. The lowest BCUT2D eigenvalue weighted by Crippen LogP contribution is -2.49. The van der Waals surface area contributed by atoms with Crippen LogP contribution in [0.5, 0.6) is 0 Å². The van der Waals surface area contributed by atoms with Gasteiger partial charge in [-0.05, 0) is 76.0 Å². The Kier molecular flexibility index (Phi) is 5.82. The highest BCUT2D eigenvalue weighted by Gasteiger charge is 2.47. The molecule has 166 valence electrons. The number of ether oxygens (including phenoxy) is 2. The Morgan fingerprint density at radius 1 is 1.20 bits per heavy atom. The Labute approximate surface area is 177 Å². The third-order valence-corrected chi connectivity index (χ3v) is 7.35. The number of nitrogens with zero attached hydrogens (tertiary/aromatic N) is 1. The Morgan fingerprint density at radius 2 is 1.90 bits per heavy atom. The van der Waals surface area contributed by atoms with Gasteiger partial charge in [-0.25, -0.2) is 9.18 Å². The van der Waals surface area contributed by atoms with Gasteiger partial charge in [0.05, 0.1) is 17.9 Å². The van der Waals surface area contributed by atoms with Crippen LogP contribution in [-0.2, 0) is 14.3 Å². The molecule has 2 amide bonds. The summed E-state index contributed by atoms with van der Waals surface area (Å²) >= 11 is 0. The molecule has 0 unspecified atom stereocenters. The van der Waals surface area contributed by atoms with E-state index in [1.807, 2.05) is 11.8 Å². The molecule has 1 saturated heterocycles. The van der Waals surface area contributed by atoms with Gasteiger partial charge in [0.2, 0.25) is 5.91 Å². The minimum atomic E-state index is -0.693. The lowest BCUT2D eigenvalue weighted by molar-refractivity contribution is -0.114. The van der Waals surface area contributed by atoms with Crippen molar-refractivity contribution in [2.45, 2.75) is 76.7 Å². The lowest BCUT2D eigenvalue weighted by atomic mass is 9.56. The summed E-state index contributed by atoms with van der Waals surface area (Å²) < 4.78 is 25.1. The molecule has 2 saturated carbocycles. The van der Waals surface area contributed by atoms with Gasteiger partial charge < -0.3 is 20.1 Å². The van der Waals surface area contributed by atoms with E-state index in [2.05, 4.69) is 0 Å². The van der Waals surface area contributed by atoms with E-state index in [0.29, 0.717) is 30.6 Å². The summed E-state index contributed by atoms with van der Waals surface area (Å²) in [4.78, 5) is 25.2. The number of primary amides is 1. The predicted octanol–water partition coefficient (Wildman–Crippen LogP) is 4.35. The normalized spacial score (nSPS) is 24.9. The molecule has 0 aromatic rings. The Morgan fingerprint density at radius 3 is 2.50 bits per heavy atom. The van der Waals surface area contributed by atoms with Gasteiger partial charge in [-0.3, -0.25) is 4.79 Å². The zero-order valence-electron chi connectivity index (χ0n) is 17.9. The highest BCUT2D eigenvalue weighted by Crippen LogP contribution is 2.54. The topological polar surface area (TPSA) is 81.9 Å². The largest absolute Gasteiger partial charge is 0.498 e. The van der Waals surface area contributed by atoms with Crippen LogP contribution in [0.2, 0.25) is 0 Å². The first-order valence-corrected chi connectivity index (χ1v) is 11.3. The molecular weight excluding hydrogens is 387 g/mol. The van der Waals surface area contributed by atoms with Crippen LogP contribution < -0.4 is 5.73 Å². The van der Waals surface area contributed by atoms with Crippen molar-refractivity contribution < 1.29 is 23.5 Å². The van der Waals surface area contributed by atoms with Gasteiger partial charge in [-0.2, -0.15) is 0 Å². The summed E-state index contributed by atoms with van der Waals surface area (Å²) in [5, 5.41) is 0. The summed E-state index contributed by atoms with van der Waals surface area (Å²) in [6.45, 7) is 4.20. The molecule has 3 aliphatic carbocycles. The quantitative estimate of drug-likeness (QED) is 0.621. The number of amides is 2. The van der Waals surface area contributed by atoms with Crippen LogP contribution >= 0.6 is 0 Å². The molecule has 3 fully saturated rings. The summed E-state index contributed by atoms with van der Waals surface area (Å²) in [7, 11) is 0. The van der Waals surface area contributed by atoms with Crippen molar-refractivity contribution in [1.82, 2.24) is 4.90 Å². The number of allylic oxidation sites excluding steroid dienone is 3. The molecule has 0 radical (unpaired) electrons. The second kappa shape index (κ2) is 8.23. The second-order valence-corrected chi connectivity index (χ2v) is 9.87. The number of halogens is 1. The molecule has 1 spiro atoms. The van der Waals surface area contributed by atoms with E-state index in [-0.39, 0.29) is 17.3 Å². The van der Waals surface area contributed by atoms with Gasteiger partial charge in [-0.1, -0.05) is 0 Å². The van der Waals surface area contributed by atoms with Gasteiger partial charge >= 0.3 is 6.09 Å². The van der Waals surface area contributed by atoms with Crippen LogP contribution in [0.4, 0.5) is 9.18 Å². The number of rotatable bonds is 7. The Hall–Kier alpha value is -2.05. The molecule has 2 N–H and O–H groups in total. The highest BCUT2D eigenvalue weighted by molar-refractivity contribution is 5.93. The minimum absolute atomic E-state index is 0.0585. The number of carbonyl (C=O) groups is 2. The van der Waals surface area contributed by atoms with Crippen molar-refractivity contribution >= 4 is 12.0 Å². The van der Waals surface area contributed by atoms with Crippen molar-refractivity contribution in [3.05, 3.63) is 23.2 Å². The van der Waals surface area contributed by atoms with Crippen LogP contribution in [0.25, 0.3) is 0 Å². The first kappa shape index (κ1) is 21.2. The number of nitrogens with two attached hydrogens (primary N) is 1. The number of hydrogen-bond acceptors (Lipinski definition) is 4. The fourth-order valence-electron chi connectivity index (χ4n) is 5.09.